The average Bonchev–Trinajstić information content (AvgIpc) is 3.06. The number of carbonyl (C=O) groups is 1. The molecule has 1 saturated carbocycles. The number of hydrogen-bond donors (Lipinski definition) is 2. The van der Waals surface area contributed by atoms with E-state index in [4.69, 9.17) is 0 Å². The number of rotatable bonds is 2. The molecule has 0 radical (unpaired) electrons. The highest BCUT2D eigenvalue weighted by molar-refractivity contribution is 9.10. The number of nitrogens with zero attached hydrogens (tertiary/aromatic N) is 1. The van der Waals surface area contributed by atoms with Crippen molar-refractivity contribution in [2.45, 2.75) is 24.9 Å². The van der Waals surface area contributed by atoms with Crippen LogP contribution in [0.25, 0.3) is 0 Å². The molecule has 1 aliphatic heterocycles. The molecular formula is C12H11BrFN3O. The van der Waals surface area contributed by atoms with Gasteiger partial charge in [0.2, 0.25) is 0 Å². The van der Waals surface area contributed by atoms with E-state index >= 15 is 0 Å². The quantitative estimate of drug-likeness (QED) is 0.876. The highest BCUT2D eigenvalue weighted by Crippen LogP contribution is 2.27. The lowest BCUT2D eigenvalue weighted by Crippen LogP contribution is -2.37. The Kier molecular flexibility index (Phi) is 2.81. The summed E-state index contributed by atoms with van der Waals surface area (Å²) in [6.07, 6.45) is 2.18. The molecule has 1 aromatic carbocycles. The van der Waals surface area contributed by atoms with E-state index in [1.165, 1.54) is 6.07 Å². The third-order valence-electron chi connectivity index (χ3n) is 2.92. The van der Waals surface area contributed by atoms with E-state index in [2.05, 4.69) is 31.6 Å². The summed E-state index contributed by atoms with van der Waals surface area (Å²) in [5, 5.41) is 5.74. The Labute approximate surface area is 112 Å². The predicted molar refractivity (Wildman–Crippen MR) is 68.6 cm³/mol. The van der Waals surface area contributed by atoms with Gasteiger partial charge in [-0.25, -0.2) is 9.38 Å². The van der Waals surface area contributed by atoms with Crippen molar-refractivity contribution in [1.29, 1.82) is 0 Å². The summed E-state index contributed by atoms with van der Waals surface area (Å²) in [5.41, 5.74) is 0.287. The van der Waals surface area contributed by atoms with Gasteiger partial charge in [-0.2, -0.15) is 0 Å². The van der Waals surface area contributed by atoms with Crippen LogP contribution in [0, 0.1) is 5.82 Å². The smallest absolute Gasteiger partial charge is 0.256 e. The van der Waals surface area contributed by atoms with E-state index in [9.17, 15) is 9.18 Å². The van der Waals surface area contributed by atoms with Crippen LogP contribution in [0.15, 0.2) is 27.7 Å². The fourth-order valence-electron chi connectivity index (χ4n) is 1.83. The van der Waals surface area contributed by atoms with Gasteiger partial charge in [-0.05, 0) is 31.0 Å². The molecule has 18 heavy (non-hydrogen) atoms. The molecule has 0 bridgehead atoms. The zero-order chi connectivity index (χ0) is 12.7. The number of amides is 1. The topological polar surface area (TPSA) is 53.5 Å². The summed E-state index contributed by atoms with van der Waals surface area (Å²) < 4.78 is 14.4. The molecule has 4 nitrogen and oxygen atoms in total. The van der Waals surface area contributed by atoms with Crippen LogP contribution >= 0.6 is 15.9 Å². The minimum Gasteiger partial charge on any atom is -0.353 e. The van der Waals surface area contributed by atoms with Crippen LogP contribution in [0.5, 0.6) is 0 Å². The van der Waals surface area contributed by atoms with E-state index in [0.717, 1.165) is 17.3 Å². The molecule has 1 fully saturated rings. The molecule has 0 spiro atoms. The monoisotopic (exact) mass is 311 g/mol. The van der Waals surface area contributed by atoms with Crippen LogP contribution in [0.3, 0.4) is 0 Å². The number of benzene rings is 1. The molecule has 1 aromatic rings. The van der Waals surface area contributed by atoms with Crippen LogP contribution in [-0.4, -0.2) is 17.9 Å². The molecule has 1 heterocycles. The first-order chi connectivity index (χ1) is 8.63. The van der Waals surface area contributed by atoms with Gasteiger partial charge in [0.25, 0.3) is 5.91 Å². The lowest BCUT2D eigenvalue weighted by atomic mass is 10.1. The number of guanidine groups is 1. The van der Waals surface area contributed by atoms with Crippen molar-refractivity contribution in [2.24, 2.45) is 4.99 Å². The maximum atomic E-state index is 13.7. The van der Waals surface area contributed by atoms with E-state index in [1.54, 1.807) is 12.1 Å². The fourth-order valence-corrected chi connectivity index (χ4v) is 2.21. The molecule has 1 aliphatic carbocycles. The van der Waals surface area contributed by atoms with E-state index in [-0.39, 0.29) is 11.5 Å². The van der Waals surface area contributed by atoms with Crippen LogP contribution in [0.1, 0.15) is 24.4 Å². The fraction of sp³-hybridized carbons (Fsp3) is 0.333. The van der Waals surface area contributed by atoms with Crippen molar-refractivity contribution in [1.82, 2.24) is 10.6 Å². The molecule has 2 N–H and O–H groups in total. The van der Waals surface area contributed by atoms with Crippen LogP contribution in [0.4, 0.5) is 4.39 Å². The first-order valence-corrected chi connectivity index (χ1v) is 6.53. The molecule has 1 atom stereocenters. The zero-order valence-corrected chi connectivity index (χ0v) is 11.0. The molecular weight excluding hydrogens is 301 g/mol. The number of carbonyl (C=O) groups excluding carboxylic acids is 1. The molecule has 0 saturated heterocycles. The number of hydrogen-bond acceptors (Lipinski definition) is 3. The second-order valence-corrected chi connectivity index (χ2v) is 5.37. The van der Waals surface area contributed by atoms with Crippen molar-refractivity contribution >= 4 is 27.8 Å². The van der Waals surface area contributed by atoms with Gasteiger partial charge >= 0.3 is 0 Å². The molecule has 2 aliphatic rings. The standard InChI is InChI=1S/C12H11BrFN3O/c13-6-1-4-9(14)8(5-6)10-11(18)17-12(16-10)15-7-2-3-7/h1,4-5,7,10H,2-3H2,(H2,15,16,17,18). The Balaban J connectivity index is 1.88. The van der Waals surface area contributed by atoms with Crippen molar-refractivity contribution in [3.63, 3.8) is 0 Å². The number of aliphatic imine (C=N–C) groups is 1. The second-order valence-electron chi connectivity index (χ2n) is 4.45. The highest BCUT2D eigenvalue weighted by atomic mass is 79.9. The number of nitrogens with one attached hydrogen (secondary N) is 2. The summed E-state index contributed by atoms with van der Waals surface area (Å²) in [6.45, 7) is 0. The Morgan fingerprint density at radius 1 is 1.44 bits per heavy atom. The Bertz CT molecular complexity index is 542. The SMILES string of the molecule is O=C1NC(NC2CC2)=NC1c1cc(Br)ccc1F. The Hall–Kier alpha value is -1.43. The zero-order valence-electron chi connectivity index (χ0n) is 9.41. The lowest BCUT2D eigenvalue weighted by Gasteiger charge is -2.06. The van der Waals surface area contributed by atoms with Crippen LogP contribution in [-0.2, 0) is 4.79 Å². The largest absolute Gasteiger partial charge is 0.353 e. The van der Waals surface area contributed by atoms with Gasteiger partial charge < -0.3 is 5.32 Å². The summed E-state index contributed by atoms with van der Waals surface area (Å²) >= 11 is 3.27. The second kappa shape index (κ2) is 4.35. The van der Waals surface area contributed by atoms with Gasteiger partial charge in [0, 0.05) is 16.1 Å². The minimum atomic E-state index is -0.802. The lowest BCUT2D eigenvalue weighted by molar-refractivity contribution is -0.120. The van der Waals surface area contributed by atoms with Gasteiger partial charge in [0.1, 0.15) is 5.82 Å². The summed E-state index contributed by atoms with van der Waals surface area (Å²) in [5.74, 6) is -0.267. The Morgan fingerprint density at radius 2 is 2.22 bits per heavy atom. The molecule has 1 unspecified atom stereocenters. The van der Waals surface area contributed by atoms with E-state index in [1.807, 2.05) is 0 Å². The normalized spacial score (nSPS) is 22.7. The molecule has 3 rings (SSSR count). The highest BCUT2D eigenvalue weighted by Gasteiger charge is 2.32. The summed E-state index contributed by atoms with van der Waals surface area (Å²) in [4.78, 5) is 16.0. The van der Waals surface area contributed by atoms with Crippen molar-refractivity contribution in [3.05, 3.63) is 34.1 Å². The Morgan fingerprint density at radius 3 is 2.94 bits per heavy atom. The van der Waals surface area contributed by atoms with Crippen LogP contribution < -0.4 is 10.6 Å². The maximum absolute atomic E-state index is 13.7. The van der Waals surface area contributed by atoms with Crippen molar-refractivity contribution in [3.8, 4) is 0 Å². The number of halogens is 2. The van der Waals surface area contributed by atoms with E-state index in [0.29, 0.717) is 12.0 Å². The molecule has 6 heteroatoms. The maximum Gasteiger partial charge on any atom is 0.256 e. The molecule has 0 aromatic heterocycles. The summed E-state index contributed by atoms with van der Waals surface area (Å²) in [7, 11) is 0. The third-order valence-corrected chi connectivity index (χ3v) is 3.41. The van der Waals surface area contributed by atoms with Crippen LogP contribution in [0.2, 0.25) is 0 Å². The predicted octanol–water partition coefficient (Wildman–Crippen LogP) is 1.87. The van der Waals surface area contributed by atoms with E-state index < -0.39 is 11.9 Å². The van der Waals surface area contributed by atoms with Crippen molar-refractivity contribution in [2.75, 3.05) is 0 Å². The summed E-state index contributed by atoms with van der Waals surface area (Å²) in [6, 6.07) is 4.11. The first kappa shape index (κ1) is 11.6. The van der Waals surface area contributed by atoms with Gasteiger partial charge in [0.15, 0.2) is 12.0 Å². The van der Waals surface area contributed by atoms with Gasteiger partial charge in [-0.1, -0.05) is 15.9 Å². The van der Waals surface area contributed by atoms with Gasteiger partial charge in [0.05, 0.1) is 0 Å². The first-order valence-electron chi connectivity index (χ1n) is 5.73. The third kappa shape index (κ3) is 2.25. The van der Waals surface area contributed by atoms with Gasteiger partial charge in [-0.15, -0.1) is 0 Å². The van der Waals surface area contributed by atoms with Gasteiger partial charge in [-0.3, -0.25) is 10.1 Å². The molecule has 94 valence electrons. The minimum absolute atomic E-state index is 0.287. The van der Waals surface area contributed by atoms with Crippen molar-refractivity contribution < 1.29 is 9.18 Å². The average molecular weight is 312 g/mol. The molecule has 1 amide bonds.